The standard InChI is InChI=1S/C15H18BrNO/c16-14-5-6-15(13(7-14)10-18)17(8-11-1-2-11)9-12-3-4-12/h5-7,10-12H,1-4,8-9H2. The minimum atomic E-state index is 0.811. The fraction of sp³-hybridized carbons (Fsp3) is 0.533. The van der Waals surface area contributed by atoms with Crippen LogP contribution in [0.5, 0.6) is 0 Å². The van der Waals surface area contributed by atoms with E-state index in [4.69, 9.17) is 0 Å². The highest BCUT2D eigenvalue weighted by molar-refractivity contribution is 9.10. The summed E-state index contributed by atoms with van der Waals surface area (Å²) in [6.07, 6.45) is 6.40. The van der Waals surface area contributed by atoms with Gasteiger partial charge in [0.15, 0.2) is 6.29 Å². The Morgan fingerprint density at radius 1 is 1.17 bits per heavy atom. The summed E-state index contributed by atoms with van der Waals surface area (Å²) < 4.78 is 0.978. The maximum atomic E-state index is 11.2. The zero-order valence-corrected chi connectivity index (χ0v) is 12.0. The predicted octanol–water partition coefficient (Wildman–Crippen LogP) is 3.89. The molecule has 0 spiro atoms. The van der Waals surface area contributed by atoms with E-state index in [-0.39, 0.29) is 0 Å². The van der Waals surface area contributed by atoms with Gasteiger partial charge in [-0.25, -0.2) is 0 Å². The zero-order valence-electron chi connectivity index (χ0n) is 10.4. The number of aldehydes is 1. The van der Waals surface area contributed by atoms with Crippen LogP contribution in [0.15, 0.2) is 22.7 Å². The van der Waals surface area contributed by atoms with E-state index in [9.17, 15) is 4.79 Å². The van der Waals surface area contributed by atoms with Gasteiger partial charge in [-0.15, -0.1) is 0 Å². The quantitative estimate of drug-likeness (QED) is 0.743. The van der Waals surface area contributed by atoms with Crippen molar-refractivity contribution in [3.63, 3.8) is 0 Å². The lowest BCUT2D eigenvalue weighted by molar-refractivity contribution is 0.112. The van der Waals surface area contributed by atoms with Gasteiger partial charge in [0.05, 0.1) is 0 Å². The molecule has 18 heavy (non-hydrogen) atoms. The number of rotatable bonds is 6. The number of nitrogens with zero attached hydrogens (tertiary/aromatic N) is 1. The van der Waals surface area contributed by atoms with Crippen molar-refractivity contribution in [3.8, 4) is 0 Å². The van der Waals surface area contributed by atoms with E-state index in [1.165, 1.54) is 25.7 Å². The molecule has 0 heterocycles. The number of hydrogen-bond donors (Lipinski definition) is 0. The minimum absolute atomic E-state index is 0.811. The summed E-state index contributed by atoms with van der Waals surface area (Å²) in [6, 6.07) is 6.04. The summed E-state index contributed by atoms with van der Waals surface area (Å²) in [5.41, 5.74) is 1.93. The molecule has 0 saturated heterocycles. The Morgan fingerprint density at radius 3 is 2.28 bits per heavy atom. The van der Waals surface area contributed by atoms with Crippen LogP contribution in [0, 0.1) is 11.8 Å². The monoisotopic (exact) mass is 307 g/mol. The maximum absolute atomic E-state index is 11.2. The number of carbonyl (C=O) groups excluding carboxylic acids is 1. The number of anilines is 1. The van der Waals surface area contributed by atoms with Crippen molar-refractivity contribution in [1.29, 1.82) is 0 Å². The van der Waals surface area contributed by atoms with Crippen LogP contribution in [0.2, 0.25) is 0 Å². The zero-order chi connectivity index (χ0) is 12.5. The molecule has 0 unspecified atom stereocenters. The highest BCUT2D eigenvalue weighted by Gasteiger charge is 2.30. The van der Waals surface area contributed by atoms with Crippen molar-refractivity contribution in [3.05, 3.63) is 28.2 Å². The first-order chi connectivity index (χ1) is 8.76. The van der Waals surface area contributed by atoms with E-state index in [2.05, 4.69) is 26.9 Å². The Labute approximate surface area is 116 Å². The molecule has 2 aliphatic carbocycles. The van der Waals surface area contributed by atoms with Crippen molar-refractivity contribution in [2.24, 2.45) is 11.8 Å². The third kappa shape index (κ3) is 2.94. The summed E-state index contributed by atoms with van der Waals surface area (Å²) >= 11 is 3.44. The van der Waals surface area contributed by atoms with Gasteiger partial charge in [0.1, 0.15) is 0 Å². The molecule has 2 nitrogen and oxygen atoms in total. The molecule has 2 fully saturated rings. The molecule has 1 aromatic rings. The van der Waals surface area contributed by atoms with Gasteiger partial charge in [-0.05, 0) is 55.7 Å². The Kier molecular flexibility index (Phi) is 3.42. The largest absolute Gasteiger partial charge is 0.370 e. The molecule has 0 atom stereocenters. The summed E-state index contributed by atoms with van der Waals surface area (Å²) in [5, 5.41) is 0. The molecule has 3 rings (SSSR count). The molecule has 0 amide bonds. The first-order valence-corrected chi connectivity index (χ1v) is 7.55. The van der Waals surface area contributed by atoms with Gasteiger partial charge in [-0.3, -0.25) is 4.79 Å². The van der Waals surface area contributed by atoms with Crippen LogP contribution in [0.4, 0.5) is 5.69 Å². The van der Waals surface area contributed by atoms with Gasteiger partial charge in [-0.1, -0.05) is 15.9 Å². The fourth-order valence-electron chi connectivity index (χ4n) is 2.40. The van der Waals surface area contributed by atoms with E-state index in [0.29, 0.717) is 0 Å². The Morgan fingerprint density at radius 2 is 1.78 bits per heavy atom. The molecule has 0 radical (unpaired) electrons. The van der Waals surface area contributed by atoms with Gasteiger partial charge in [0.25, 0.3) is 0 Å². The summed E-state index contributed by atoms with van der Waals surface area (Å²) in [6.45, 7) is 2.25. The van der Waals surface area contributed by atoms with Crippen LogP contribution in [-0.4, -0.2) is 19.4 Å². The molecule has 0 aromatic heterocycles. The highest BCUT2D eigenvalue weighted by Crippen LogP contribution is 2.36. The lowest BCUT2D eigenvalue weighted by Gasteiger charge is -2.26. The number of halogens is 1. The second-order valence-electron chi connectivity index (χ2n) is 5.61. The molecular formula is C15H18BrNO. The first-order valence-electron chi connectivity index (χ1n) is 6.76. The van der Waals surface area contributed by atoms with E-state index >= 15 is 0 Å². The van der Waals surface area contributed by atoms with Gasteiger partial charge < -0.3 is 4.90 Å². The summed E-state index contributed by atoms with van der Waals surface area (Å²) in [7, 11) is 0. The van der Waals surface area contributed by atoms with E-state index in [1.807, 2.05) is 12.1 Å². The molecule has 2 saturated carbocycles. The molecule has 1 aromatic carbocycles. The predicted molar refractivity (Wildman–Crippen MR) is 77.2 cm³/mol. The molecule has 96 valence electrons. The fourth-order valence-corrected chi connectivity index (χ4v) is 2.78. The van der Waals surface area contributed by atoms with Crippen molar-refractivity contribution in [2.75, 3.05) is 18.0 Å². The lowest BCUT2D eigenvalue weighted by Crippen LogP contribution is -2.29. The average molecular weight is 308 g/mol. The van der Waals surface area contributed by atoms with Gasteiger partial charge in [-0.2, -0.15) is 0 Å². The lowest BCUT2D eigenvalue weighted by atomic mass is 10.1. The van der Waals surface area contributed by atoms with E-state index < -0.39 is 0 Å². The normalized spacial score (nSPS) is 18.7. The maximum Gasteiger partial charge on any atom is 0.152 e. The van der Waals surface area contributed by atoms with Crippen LogP contribution in [0.3, 0.4) is 0 Å². The Hall–Kier alpha value is -0.830. The van der Waals surface area contributed by atoms with E-state index in [1.54, 1.807) is 0 Å². The van der Waals surface area contributed by atoms with Crippen molar-refractivity contribution in [2.45, 2.75) is 25.7 Å². The third-order valence-corrected chi connectivity index (χ3v) is 4.30. The summed E-state index contributed by atoms with van der Waals surface area (Å²) in [5.74, 6) is 1.71. The van der Waals surface area contributed by atoms with E-state index in [0.717, 1.165) is 46.9 Å². The molecule has 0 N–H and O–H groups in total. The molecule has 0 bridgehead atoms. The van der Waals surface area contributed by atoms with Crippen LogP contribution in [0.25, 0.3) is 0 Å². The Bertz CT molecular complexity index is 438. The van der Waals surface area contributed by atoms with Crippen molar-refractivity contribution >= 4 is 27.9 Å². The Balaban J connectivity index is 1.83. The number of benzene rings is 1. The second kappa shape index (κ2) is 5.04. The van der Waals surface area contributed by atoms with Gasteiger partial charge >= 0.3 is 0 Å². The van der Waals surface area contributed by atoms with Crippen LogP contribution in [0.1, 0.15) is 36.0 Å². The SMILES string of the molecule is O=Cc1cc(Br)ccc1N(CC1CC1)CC1CC1. The van der Waals surface area contributed by atoms with Crippen LogP contribution in [-0.2, 0) is 0 Å². The molecule has 0 aliphatic heterocycles. The second-order valence-corrected chi connectivity index (χ2v) is 6.53. The van der Waals surface area contributed by atoms with Gasteiger partial charge in [0.2, 0.25) is 0 Å². The molecule has 2 aliphatic rings. The topological polar surface area (TPSA) is 20.3 Å². The number of carbonyl (C=O) groups is 1. The number of hydrogen-bond acceptors (Lipinski definition) is 2. The van der Waals surface area contributed by atoms with Crippen LogP contribution < -0.4 is 4.90 Å². The van der Waals surface area contributed by atoms with Crippen molar-refractivity contribution < 1.29 is 4.79 Å². The molecular weight excluding hydrogens is 290 g/mol. The molecule has 3 heteroatoms. The smallest absolute Gasteiger partial charge is 0.152 e. The highest BCUT2D eigenvalue weighted by atomic mass is 79.9. The summed E-state index contributed by atoms with van der Waals surface area (Å²) in [4.78, 5) is 13.7. The first kappa shape index (κ1) is 12.2. The van der Waals surface area contributed by atoms with Gasteiger partial charge in [0, 0.05) is 28.8 Å². The third-order valence-electron chi connectivity index (χ3n) is 3.81. The minimum Gasteiger partial charge on any atom is -0.370 e. The van der Waals surface area contributed by atoms with Crippen molar-refractivity contribution in [1.82, 2.24) is 0 Å². The average Bonchev–Trinajstić information content (AvgIpc) is 3.23. The van der Waals surface area contributed by atoms with Crippen LogP contribution >= 0.6 is 15.9 Å².